The molecule has 4 nitrogen and oxygen atoms in total. The summed E-state index contributed by atoms with van der Waals surface area (Å²) in [6.45, 7) is 7.35. The zero-order valence-corrected chi connectivity index (χ0v) is 22.5. The molecule has 0 unspecified atom stereocenters. The molecule has 1 heterocycles. The van der Waals surface area contributed by atoms with Gasteiger partial charge in [0.2, 0.25) is 0 Å². The molecule has 2 rings (SSSR count). The van der Waals surface area contributed by atoms with E-state index >= 15 is 0 Å². The second-order valence-electron chi connectivity index (χ2n) is 8.96. The Hall–Kier alpha value is -0.141. The van der Waals surface area contributed by atoms with E-state index in [1.807, 2.05) is 18.2 Å². The third-order valence-electron chi connectivity index (χ3n) is 6.67. The third-order valence-corrected chi connectivity index (χ3v) is 23.0. The van der Waals surface area contributed by atoms with Crippen LogP contribution in [-0.2, 0) is 20.8 Å². The molecule has 1 aliphatic rings. The number of benzene rings is 1. The molecule has 0 aromatic heterocycles. The Morgan fingerprint density at radius 2 is 1.53 bits per heavy atom. The molecule has 0 aliphatic carbocycles. The van der Waals surface area contributed by atoms with Crippen LogP contribution in [0.15, 0.2) is 30.3 Å². The van der Waals surface area contributed by atoms with Gasteiger partial charge in [-0.15, -0.1) is 0 Å². The summed E-state index contributed by atoms with van der Waals surface area (Å²) in [7, 11) is 1.72. The van der Waals surface area contributed by atoms with Gasteiger partial charge in [0.15, 0.2) is 0 Å². The van der Waals surface area contributed by atoms with Crippen molar-refractivity contribution in [3.05, 3.63) is 35.9 Å². The summed E-state index contributed by atoms with van der Waals surface area (Å²) in [4.78, 5) is 0. The van der Waals surface area contributed by atoms with Crippen molar-refractivity contribution in [2.45, 2.75) is 108 Å². The fourth-order valence-electron chi connectivity index (χ4n) is 4.81. The van der Waals surface area contributed by atoms with E-state index in [0.29, 0.717) is 13.0 Å². The number of rotatable bonds is 14. The molecule has 1 aromatic carbocycles. The van der Waals surface area contributed by atoms with Crippen molar-refractivity contribution in [2.75, 3.05) is 7.11 Å². The second-order valence-corrected chi connectivity index (χ2v) is 22.6. The van der Waals surface area contributed by atoms with Gasteiger partial charge < -0.3 is 0 Å². The first kappa shape index (κ1) is 26.1. The molecule has 1 saturated heterocycles. The first-order chi connectivity index (χ1) is 14.6. The minimum atomic E-state index is -2.80. The van der Waals surface area contributed by atoms with E-state index in [1.54, 1.807) is 7.11 Å². The van der Waals surface area contributed by atoms with Gasteiger partial charge in [-0.3, -0.25) is 0 Å². The number of aliphatic hydroxyl groups is 1. The van der Waals surface area contributed by atoms with E-state index in [1.165, 1.54) is 51.8 Å². The second kappa shape index (κ2) is 14.1. The van der Waals surface area contributed by atoms with Gasteiger partial charge in [0.1, 0.15) is 0 Å². The van der Waals surface area contributed by atoms with Crippen molar-refractivity contribution < 1.29 is 19.3 Å². The fourth-order valence-corrected chi connectivity index (χ4v) is 22.4. The summed E-state index contributed by atoms with van der Waals surface area (Å²) in [6.07, 6.45) is 6.94. The van der Waals surface area contributed by atoms with Gasteiger partial charge in [-0.2, -0.15) is 0 Å². The van der Waals surface area contributed by atoms with Crippen molar-refractivity contribution in [1.82, 2.24) is 0 Å². The number of unbranched alkanes of at least 4 members (excludes halogenated alkanes) is 3. The standard InChI is InChI=1S/C13H17O4.3C4H9.Sn/c1-15-13-7-12(11(14)9-17-13)16-8-10-5-3-2-4-6-10;3*1-3-4-2;/h2-6,9,11-14H,7-8H2,1H3;3*1,3-4H2,2H3;/t11-,12-,13-;;;;/m1..../s1. The van der Waals surface area contributed by atoms with E-state index in [2.05, 4.69) is 32.9 Å². The molecule has 1 fully saturated rings. The normalized spacial score (nSPS) is 24.8. The first-order valence-electron chi connectivity index (χ1n) is 12.1. The maximum absolute atomic E-state index is 11.5. The van der Waals surface area contributed by atoms with Crippen LogP contribution in [0.2, 0.25) is 13.3 Å². The summed E-state index contributed by atoms with van der Waals surface area (Å²) in [5, 5.41) is 11.5. The van der Waals surface area contributed by atoms with Gasteiger partial charge in [0, 0.05) is 0 Å². The molecule has 1 aliphatic heterocycles. The van der Waals surface area contributed by atoms with Crippen molar-refractivity contribution in [1.29, 1.82) is 0 Å². The molecule has 0 bridgehead atoms. The molecule has 30 heavy (non-hydrogen) atoms. The van der Waals surface area contributed by atoms with Crippen LogP contribution in [0, 0.1) is 0 Å². The summed E-state index contributed by atoms with van der Waals surface area (Å²) in [5.74, 6) is 0. The van der Waals surface area contributed by atoms with Crippen LogP contribution in [0.25, 0.3) is 0 Å². The Labute approximate surface area is 188 Å². The van der Waals surface area contributed by atoms with E-state index in [-0.39, 0.29) is 16.5 Å². The quantitative estimate of drug-likeness (QED) is 0.298. The Morgan fingerprint density at radius 3 is 2.03 bits per heavy atom. The molecule has 1 aromatic rings. The molecule has 5 heteroatoms. The first-order valence-corrected chi connectivity index (χ1v) is 19.8. The van der Waals surface area contributed by atoms with Crippen LogP contribution in [-0.4, -0.2) is 53.2 Å². The summed E-state index contributed by atoms with van der Waals surface area (Å²) >= 11 is -2.80. The molecule has 172 valence electrons. The Kier molecular flexibility index (Phi) is 12.3. The number of aliphatic hydroxyl groups excluding tert-OH is 1. The van der Waals surface area contributed by atoms with Gasteiger partial charge in [-0.25, -0.2) is 0 Å². The number of ether oxygens (including phenoxy) is 3. The topological polar surface area (TPSA) is 47.9 Å². The Morgan fingerprint density at radius 1 is 0.967 bits per heavy atom. The summed E-state index contributed by atoms with van der Waals surface area (Å²) < 4.78 is 22.3. The Balaban J connectivity index is 2.23. The molecule has 0 radical (unpaired) electrons. The van der Waals surface area contributed by atoms with E-state index in [0.717, 1.165) is 5.56 Å². The average molecular weight is 527 g/mol. The van der Waals surface area contributed by atoms with Gasteiger partial charge >= 0.3 is 189 Å². The maximum atomic E-state index is 11.5. The van der Waals surface area contributed by atoms with Crippen molar-refractivity contribution >= 4 is 18.4 Å². The zero-order chi connectivity index (χ0) is 21.8. The van der Waals surface area contributed by atoms with Crippen LogP contribution < -0.4 is 0 Å². The number of methoxy groups -OCH3 is 1. The van der Waals surface area contributed by atoms with E-state index in [4.69, 9.17) is 14.2 Å². The van der Waals surface area contributed by atoms with E-state index in [9.17, 15) is 5.11 Å². The zero-order valence-electron chi connectivity index (χ0n) is 19.6. The molecule has 0 spiro atoms. The molecule has 0 amide bonds. The summed E-state index contributed by atoms with van der Waals surface area (Å²) in [5.41, 5.74) is 1.14. The number of hydrogen-bond acceptors (Lipinski definition) is 4. The van der Waals surface area contributed by atoms with Crippen LogP contribution in [0.1, 0.15) is 71.3 Å². The Bertz CT molecular complexity index is 546. The van der Waals surface area contributed by atoms with Gasteiger partial charge in [0.05, 0.1) is 0 Å². The predicted molar refractivity (Wildman–Crippen MR) is 126 cm³/mol. The molecule has 0 saturated carbocycles. The van der Waals surface area contributed by atoms with Gasteiger partial charge in [0.25, 0.3) is 0 Å². The molecular formula is C25H44O4Sn. The third kappa shape index (κ3) is 7.47. The van der Waals surface area contributed by atoms with Crippen LogP contribution in [0.3, 0.4) is 0 Å². The van der Waals surface area contributed by atoms with Crippen molar-refractivity contribution in [3.63, 3.8) is 0 Å². The molecule has 4 atom stereocenters. The van der Waals surface area contributed by atoms with Gasteiger partial charge in [-0.1, -0.05) is 0 Å². The fraction of sp³-hybridized carbons (Fsp3) is 0.760. The van der Waals surface area contributed by atoms with Gasteiger partial charge in [-0.05, 0) is 0 Å². The monoisotopic (exact) mass is 528 g/mol. The molecular weight excluding hydrogens is 483 g/mol. The SMILES string of the molecule is CCC[CH2][Sn]([CH2]CCC)([CH2]CCC)[C@H]1O[C@@H](OC)C[C@@H](OCc2ccccc2)[C@@H]1O. The van der Waals surface area contributed by atoms with Crippen LogP contribution >= 0.6 is 0 Å². The molecule has 1 N–H and O–H groups in total. The van der Waals surface area contributed by atoms with E-state index < -0.39 is 24.5 Å². The van der Waals surface area contributed by atoms with Crippen molar-refractivity contribution in [3.8, 4) is 0 Å². The van der Waals surface area contributed by atoms with Crippen LogP contribution in [0.5, 0.6) is 0 Å². The minimum absolute atomic E-state index is 0.0385. The van der Waals surface area contributed by atoms with Crippen molar-refractivity contribution in [2.24, 2.45) is 0 Å². The van der Waals surface area contributed by atoms with Crippen LogP contribution in [0.4, 0.5) is 0 Å². The predicted octanol–water partition coefficient (Wildman–Crippen LogP) is 6.08. The summed E-state index contributed by atoms with van der Waals surface area (Å²) in [6, 6.07) is 10.2. The average Bonchev–Trinajstić information content (AvgIpc) is 2.79. The number of hydrogen-bond donors (Lipinski definition) is 1.